The molecule has 1 aromatic rings. The molecule has 0 aromatic heterocycles. The fourth-order valence-corrected chi connectivity index (χ4v) is 6.28. The highest BCUT2D eigenvalue weighted by atomic mass is 16.7. The highest BCUT2D eigenvalue weighted by molar-refractivity contribution is 5.79. The summed E-state index contributed by atoms with van der Waals surface area (Å²) in [5, 5.41) is 10.5. The number of carboxylic acids is 1. The molecular formula is C30H46N2O7. The van der Waals surface area contributed by atoms with Crippen LogP contribution in [0.2, 0.25) is 0 Å². The molecule has 218 valence electrons. The fourth-order valence-electron chi connectivity index (χ4n) is 6.28. The van der Waals surface area contributed by atoms with Crippen molar-refractivity contribution in [2.24, 2.45) is 5.92 Å². The lowest BCUT2D eigenvalue weighted by Crippen LogP contribution is -2.45. The number of carboxylic acid groups (broad SMARTS) is 1. The van der Waals surface area contributed by atoms with Gasteiger partial charge in [-0.2, -0.15) is 0 Å². The van der Waals surface area contributed by atoms with Gasteiger partial charge in [-0.25, -0.2) is 0 Å². The largest absolute Gasteiger partial charge is 0.493 e. The molecule has 0 aliphatic carbocycles. The van der Waals surface area contributed by atoms with Gasteiger partial charge < -0.3 is 29.0 Å². The SMILES string of the molecule is CCCCN(CCCC)C(=O)CN1C[C@H](c2cc(OC)c3c(c2)OCO3)C(C(=O)O)[C@@H]1CCC1CCCCO1. The molecule has 1 amide bonds. The van der Waals surface area contributed by atoms with Gasteiger partial charge in [0.1, 0.15) is 0 Å². The van der Waals surface area contributed by atoms with Gasteiger partial charge in [0.15, 0.2) is 11.5 Å². The number of rotatable bonds is 14. The molecule has 2 unspecified atom stereocenters. The van der Waals surface area contributed by atoms with Crippen LogP contribution in [0.5, 0.6) is 17.2 Å². The van der Waals surface area contributed by atoms with Crippen molar-refractivity contribution in [3.05, 3.63) is 17.7 Å². The fraction of sp³-hybridized carbons (Fsp3) is 0.733. The lowest BCUT2D eigenvalue weighted by molar-refractivity contribution is -0.144. The van der Waals surface area contributed by atoms with Crippen LogP contribution in [0.1, 0.15) is 83.1 Å². The normalized spacial score (nSPS) is 24.6. The quantitative estimate of drug-likeness (QED) is 0.360. The number of methoxy groups -OCH3 is 1. The lowest BCUT2D eigenvalue weighted by Gasteiger charge is -2.31. The summed E-state index contributed by atoms with van der Waals surface area (Å²) in [6.45, 7) is 7.34. The maximum absolute atomic E-state index is 13.6. The van der Waals surface area contributed by atoms with Crippen molar-refractivity contribution in [2.45, 2.75) is 89.7 Å². The molecule has 0 bridgehead atoms. The summed E-state index contributed by atoms with van der Waals surface area (Å²) in [5.74, 6) is -0.0657. The molecule has 1 N–H and O–H groups in total. The Morgan fingerprint density at radius 2 is 1.87 bits per heavy atom. The number of carbonyl (C=O) groups excluding carboxylic acids is 1. The van der Waals surface area contributed by atoms with E-state index in [0.717, 1.165) is 76.6 Å². The molecule has 2 fully saturated rings. The van der Waals surface area contributed by atoms with Crippen molar-refractivity contribution in [1.82, 2.24) is 9.80 Å². The standard InChI is InChI=1S/C30H46N2O7/c1-4-6-13-31(14-7-5-2)27(33)19-32-18-23(21-16-25(36-3)29-26(17-21)38-20-39-29)28(30(34)35)24(32)12-11-22-10-8-9-15-37-22/h16-17,22-24,28H,4-15,18-20H2,1-3H3,(H,34,35)/t22?,23-,24+,28?/m1/s1. The minimum Gasteiger partial charge on any atom is -0.493 e. The maximum atomic E-state index is 13.6. The summed E-state index contributed by atoms with van der Waals surface area (Å²) in [6, 6.07) is 3.49. The number of amides is 1. The Morgan fingerprint density at radius 1 is 1.10 bits per heavy atom. The topological polar surface area (TPSA) is 97.8 Å². The number of aliphatic carboxylic acids is 1. The van der Waals surface area contributed by atoms with E-state index in [1.165, 1.54) is 0 Å². The second kappa shape index (κ2) is 14.2. The molecule has 0 saturated carbocycles. The van der Waals surface area contributed by atoms with Gasteiger partial charge >= 0.3 is 5.97 Å². The van der Waals surface area contributed by atoms with Crippen LogP contribution in [0, 0.1) is 5.92 Å². The molecule has 9 heteroatoms. The van der Waals surface area contributed by atoms with Gasteiger partial charge in [0.05, 0.1) is 25.7 Å². The molecule has 4 atom stereocenters. The first-order valence-electron chi connectivity index (χ1n) is 14.8. The van der Waals surface area contributed by atoms with E-state index in [-0.39, 0.29) is 37.3 Å². The summed E-state index contributed by atoms with van der Waals surface area (Å²) in [7, 11) is 1.57. The van der Waals surface area contributed by atoms with E-state index in [0.29, 0.717) is 30.2 Å². The Morgan fingerprint density at radius 3 is 2.51 bits per heavy atom. The molecule has 9 nitrogen and oxygen atoms in total. The minimum atomic E-state index is -0.838. The number of nitrogens with zero attached hydrogens (tertiary/aromatic N) is 2. The van der Waals surface area contributed by atoms with Gasteiger partial charge in [-0.15, -0.1) is 0 Å². The number of likely N-dealkylation sites (tertiary alicyclic amines) is 1. The molecule has 4 rings (SSSR count). The van der Waals surface area contributed by atoms with Gasteiger partial charge in [0.25, 0.3) is 0 Å². The number of hydrogen-bond acceptors (Lipinski definition) is 7. The van der Waals surface area contributed by atoms with Crippen LogP contribution < -0.4 is 14.2 Å². The number of unbranched alkanes of at least 4 members (excludes halogenated alkanes) is 2. The van der Waals surface area contributed by atoms with Crippen LogP contribution >= 0.6 is 0 Å². The molecule has 3 aliphatic rings. The second-order valence-electron chi connectivity index (χ2n) is 11.1. The predicted octanol–water partition coefficient (Wildman–Crippen LogP) is 4.67. The third-order valence-corrected chi connectivity index (χ3v) is 8.45. The molecule has 39 heavy (non-hydrogen) atoms. The van der Waals surface area contributed by atoms with Gasteiger partial charge in [0.2, 0.25) is 18.4 Å². The van der Waals surface area contributed by atoms with Gasteiger partial charge in [-0.3, -0.25) is 14.5 Å². The summed E-state index contributed by atoms with van der Waals surface area (Å²) in [5.41, 5.74) is 0.839. The van der Waals surface area contributed by atoms with Crippen molar-refractivity contribution in [3.63, 3.8) is 0 Å². The monoisotopic (exact) mass is 546 g/mol. The second-order valence-corrected chi connectivity index (χ2v) is 11.1. The zero-order valence-electron chi connectivity index (χ0n) is 23.9. The average molecular weight is 547 g/mol. The average Bonchev–Trinajstić information content (AvgIpc) is 3.56. The first kappa shape index (κ1) is 29.5. The van der Waals surface area contributed by atoms with Gasteiger partial charge in [0, 0.05) is 38.2 Å². The van der Waals surface area contributed by atoms with E-state index < -0.39 is 11.9 Å². The van der Waals surface area contributed by atoms with E-state index >= 15 is 0 Å². The zero-order valence-corrected chi connectivity index (χ0v) is 23.9. The Kier molecular flexibility index (Phi) is 10.7. The summed E-state index contributed by atoms with van der Waals surface area (Å²) < 4.78 is 22.8. The highest BCUT2D eigenvalue weighted by Crippen LogP contribution is 2.47. The first-order chi connectivity index (χ1) is 19.0. The Labute approximate surface area is 232 Å². The molecular weight excluding hydrogens is 500 g/mol. The number of hydrogen-bond donors (Lipinski definition) is 1. The molecule has 3 heterocycles. The Balaban J connectivity index is 1.60. The van der Waals surface area contributed by atoms with E-state index in [4.69, 9.17) is 18.9 Å². The highest BCUT2D eigenvalue weighted by Gasteiger charge is 2.47. The van der Waals surface area contributed by atoms with E-state index in [9.17, 15) is 14.7 Å². The Bertz CT molecular complexity index is 957. The van der Waals surface area contributed by atoms with Crippen LogP contribution in [-0.2, 0) is 14.3 Å². The van der Waals surface area contributed by atoms with Crippen LogP contribution in [0.15, 0.2) is 12.1 Å². The van der Waals surface area contributed by atoms with E-state index in [1.807, 2.05) is 17.0 Å². The third-order valence-electron chi connectivity index (χ3n) is 8.45. The smallest absolute Gasteiger partial charge is 0.308 e. The Hall–Kier alpha value is -2.52. The molecule has 0 radical (unpaired) electrons. The predicted molar refractivity (Wildman–Crippen MR) is 148 cm³/mol. The van der Waals surface area contributed by atoms with Crippen molar-refractivity contribution in [1.29, 1.82) is 0 Å². The number of benzene rings is 1. The van der Waals surface area contributed by atoms with Gasteiger partial charge in [-0.05, 0) is 62.6 Å². The number of ether oxygens (including phenoxy) is 4. The van der Waals surface area contributed by atoms with Crippen LogP contribution in [0.4, 0.5) is 0 Å². The molecule has 1 aromatic carbocycles. The van der Waals surface area contributed by atoms with Crippen molar-refractivity contribution < 1.29 is 33.6 Å². The summed E-state index contributed by atoms with van der Waals surface area (Å²) in [6.07, 6.45) is 8.85. The minimum absolute atomic E-state index is 0.0869. The lowest BCUT2D eigenvalue weighted by atomic mass is 9.83. The van der Waals surface area contributed by atoms with E-state index in [1.54, 1.807) is 7.11 Å². The van der Waals surface area contributed by atoms with Gasteiger partial charge in [-0.1, -0.05) is 26.7 Å². The summed E-state index contributed by atoms with van der Waals surface area (Å²) >= 11 is 0. The van der Waals surface area contributed by atoms with Crippen molar-refractivity contribution in [2.75, 3.05) is 46.7 Å². The van der Waals surface area contributed by atoms with Crippen LogP contribution in [-0.4, -0.2) is 85.6 Å². The van der Waals surface area contributed by atoms with Crippen molar-refractivity contribution >= 4 is 11.9 Å². The number of fused-ring (bicyclic) bond motifs is 1. The molecule has 0 spiro atoms. The van der Waals surface area contributed by atoms with Crippen molar-refractivity contribution in [3.8, 4) is 17.2 Å². The van der Waals surface area contributed by atoms with Crippen LogP contribution in [0.3, 0.4) is 0 Å². The number of carbonyl (C=O) groups is 2. The zero-order chi connectivity index (χ0) is 27.8. The molecule has 2 saturated heterocycles. The third kappa shape index (κ3) is 7.17. The van der Waals surface area contributed by atoms with Crippen LogP contribution in [0.25, 0.3) is 0 Å². The first-order valence-corrected chi connectivity index (χ1v) is 14.8. The maximum Gasteiger partial charge on any atom is 0.308 e. The summed E-state index contributed by atoms with van der Waals surface area (Å²) in [4.78, 5) is 30.5. The molecule has 3 aliphatic heterocycles. The van der Waals surface area contributed by atoms with E-state index in [2.05, 4.69) is 18.7 Å².